The van der Waals surface area contributed by atoms with Gasteiger partial charge in [0.05, 0.1) is 24.1 Å². The van der Waals surface area contributed by atoms with E-state index in [1.807, 2.05) is 6.92 Å². The van der Waals surface area contributed by atoms with Gasteiger partial charge in [-0.05, 0) is 19.4 Å². The lowest BCUT2D eigenvalue weighted by atomic mass is 10.1. The van der Waals surface area contributed by atoms with Gasteiger partial charge < -0.3 is 14.7 Å². The molecule has 0 aliphatic carbocycles. The molecule has 0 fully saturated rings. The van der Waals surface area contributed by atoms with Gasteiger partial charge in [-0.3, -0.25) is 9.78 Å². The minimum Gasteiger partial charge on any atom is -0.478 e. The van der Waals surface area contributed by atoms with Crippen LogP contribution < -0.4 is 4.74 Å². The van der Waals surface area contributed by atoms with Gasteiger partial charge in [-0.15, -0.1) is 0 Å². The number of aliphatic carboxylic acids is 1. The maximum absolute atomic E-state index is 13.8. The first-order chi connectivity index (χ1) is 14.1. The van der Waals surface area contributed by atoms with Crippen LogP contribution in [0, 0.1) is 5.82 Å². The summed E-state index contributed by atoms with van der Waals surface area (Å²) in [6.45, 7) is 3.37. The number of carboxylic acids is 1. The van der Waals surface area contributed by atoms with E-state index in [9.17, 15) is 22.4 Å². The van der Waals surface area contributed by atoms with Crippen molar-refractivity contribution >= 4 is 11.9 Å². The fourth-order valence-corrected chi connectivity index (χ4v) is 2.68. The molecule has 0 spiro atoms. The van der Waals surface area contributed by atoms with E-state index >= 15 is 0 Å². The van der Waals surface area contributed by atoms with Gasteiger partial charge in [0.2, 0.25) is 5.88 Å². The number of halogens is 4. The number of carbonyl (C=O) groups excluding carboxylic acids is 1. The van der Waals surface area contributed by atoms with Gasteiger partial charge in [0.15, 0.2) is 5.82 Å². The molecule has 0 radical (unpaired) electrons. The fraction of sp³-hybridized carbons (Fsp3) is 0.389. The predicted molar refractivity (Wildman–Crippen MR) is 94.4 cm³/mol. The van der Waals surface area contributed by atoms with Gasteiger partial charge in [0.1, 0.15) is 6.33 Å². The number of ether oxygens (including phenoxy) is 1. The molecule has 0 bridgehead atoms. The Balaban J connectivity index is 0.000000396. The van der Waals surface area contributed by atoms with Crippen LogP contribution in [0.4, 0.5) is 17.6 Å². The topological polar surface area (TPSA) is 106 Å². The third-order valence-electron chi connectivity index (χ3n) is 4.06. The molecule has 1 aliphatic heterocycles. The minimum atomic E-state index is -5.08. The number of alkyl halides is 3. The van der Waals surface area contributed by atoms with E-state index in [0.29, 0.717) is 38.4 Å². The molecule has 3 rings (SSSR count). The normalized spacial score (nSPS) is 13.4. The lowest BCUT2D eigenvalue weighted by Gasteiger charge is -2.20. The molecule has 0 atom stereocenters. The highest BCUT2D eigenvalue weighted by Gasteiger charge is 2.38. The van der Waals surface area contributed by atoms with E-state index in [1.165, 1.54) is 18.6 Å². The first kappa shape index (κ1) is 23.0. The number of pyridine rings is 1. The lowest BCUT2D eigenvalue weighted by molar-refractivity contribution is -0.192. The molecule has 0 unspecified atom stereocenters. The van der Waals surface area contributed by atoms with Crippen LogP contribution in [-0.4, -0.2) is 62.7 Å². The van der Waals surface area contributed by atoms with Gasteiger partial charge in [0.25, 0.3) is 5.91 Å². The summed E-state index contributed by atoms with van der Waals surface area (Å²) in [6, 6.07) is 1.40. The second-order valence-corrected chi connectivity index (χ2v) is 5.99. The number of fused-ring (bicyclic) bond motifs is 1. The summed E-state index contributed by atoms with van der Waals surface area (Å²) in [7, 11) is 0. The van der Waals surface area contributed by atoms with Crippen LogP contribution >= 0.6 is 0 Å². The molecule has 162 valence electrons. The average Bonchev–Trinajstić information content (AvgIpc) is 2.91. The van der Waals surface area contributed by atoms with Gasteiger partial charge in [-0.25, -0.2) is 19.2 Å². The Bertz CT molecular complexity index is 908. The molecule has 2 aromatic heterocycles. The molecular formula is C18H18F4N4O4. The molecule has 1 N–H and O–H groups in total. The zero-order valence-electron chi connectivity index (χ0n) is 15.8. The molecule has 3 heterocycles. The number of aromatic nitrogens is 3. The SMILES string of the molecule is CCOc1ncnc2c1CCN(C(=O)c1ccncc1F)CC2.O=C(O)C(F)(F)F. The van der Waals surface area contributed by atoms with Crippen LogP contribution in [0.5, 0.6) is 5.88 Å². The summed E-state index contributed by atoms with van der Waals surface area (Å²) in [4.78, 5) is 35.2. The molecule has 0 aromatic carbocycles. The molecule has 1 aliphatic rings. The second kappa shape index (κ2) is 9.94. The molecule has 2 aromatic rings. The maximum Gasteiger partial charge on any atom is 0.490 e. The Kier molecular flexibility index (Phi) is 7.61. The van der Waals surface area contributed by atoms with Crippen molar-refractivity contribution in [2.45, 2.75) is 25.9 Å². The van der Waals surface area contributed by atoms with Crippen molar-refractivity contribution in [3.8, 4) is 5.88 Å². The lowest BCUT2D eigenvalue weighted by Crippen LogP contribution is -2.33. The minimum absolute atomic E-state index is 0.0436. The highest BCUT2D eigenvalue weighted by molar-refractivity contribution is 5.94. The van der Waals surface area contributed by atoms with Crippen LogP contribution in [0.25, 0.3) is 0 Å². The van der Waals surface area contributed by atoms with Gasteiger partial charge in [-0.2, -0.15) is 13.2 Å². The van der Waals surface area contributed by atoms with Gasteiger partial charge in [-0.1, -0.05) is 0 Å². The molecule has 1 amide bonds. The molecule has 8 nitrogen and oxygen atoms in total. The fourth-order valence-electron chi connectivity index (χ4n) is 2.68. The third kappa shape index (κ3) is 5.84. The number of carbonyl (C=O) groups is 2. The quantitative estimate of drug-likeness (QED) is 0.745. The Labute approximate surface area is 168 Å². The largest absolute Gasteiger partial charge is 0.490 e. The van der Waals surface area contributed by atoms with Crippen molar-refractivity contribution < 1.29 is 37.0 Å². The van der Waals surface area contributed by atoms with Crippen LogP contribution in [0.3, 0.4) is 0 Å². The van der Waals surface area contributed by atoms with Crippen LogP contribution in [0.1, 0.15) is 28.5 Å². The molecule has 0 saturated heterocycles. The summed E-state index contributed by atoms with van der Waals surface area (Å²) >= 11 is 0. The summed E-state index contributed by atoms with van der Waals surface area (Å²) in [5, 5.41) is 7.12. The average molecular weight is 430 g/mol. The van der Waals surface area contributed by atoms with Crippen LogP contribution in [-0.2, 0) is 17.6 Å². The smallest absolute Gasteiger partial charge is 0.478 e. The van der Waals surface area contributed by atoms with E-state index in [4.69, 9.17) is 14.6 Å². The van der Waals surface area contributed by atoms with Crippen molar-refractivity contribution in [3.05, 3.63) is 47.4 Å². The summed E-state index contributed by atoms with van der Waals surface area (Å²) < 4.78 is 51.0. The number of amides is 1. The molecular weight excluding hydrogens is 412 g/mol. The second-order valence-electron chi connectivity index (χ2n) is 5.99. The highest BCUT2D eigenvalue weighted by Crippen LogP contribution is 2.23. The number of hydrogen-bond acceptors (Lipinski definition) is 6. The van der Waals surface area contributed by atoms with Crippen LogP contribution in [0.15, 0.2) is 24.8 Å². The molecule has 0 saturated carbocycles. The number of hydrogen-bond donors (Lipinski definition) is 1. The zero-order chi connectivity index (χ0) is 22.3. The van der Waals surface area contributed by atoms with Crippen molar-refractivity contribution in [3.63, 3.8) is 0 Å². The third-order valence-corrected chi connectivity index (χ3v) is 4.06. The summed E-state index contributed by atoms with van der Waals surface area (Å²) in [6.07, 6.45) is 0.0458. The Morgan fingerprint density at radius 3 is 2.50 bits per heavy atom. The van der Waals surface area contributed by atoms with E-state index < -0.39 is 18.0 Å². The Morgan fingerprint density at radius 1 is 1.23 bits per heavy atom. The Hall–Kier alpha value is -3.31. The Morgan fingerprint density at radius 2 is 1.90 bits per heavy atom. The van der Waals surface area contributed by atoms with Gasteiger partial charge >= 0.3 is 12.1 Å². The predicted octanol–water partition coefficient (Wildman–Crippen LogP) is 2.28. The number of rotatable bonds is 3. The van der Waals surface area contributed by atoms with Crippen LogP contribution in [0.2, 0.25) is 0 Å². The van der Waals surface area contributed by atoms with Crippen molar-refractivity contribution in [1.82, 2.24) is 19.9 Å². The van der Waals surface area contributed by atoms with Crippen molar-refractivity contribution in [1.29, 1.82) is 0 Å². The summed E-state index contributed by atoms with van der Waals surface area (Å²) in [5.74, 6) is -3.12. The van der Waals surface area contributed by atoms with E-state index in [-0.39, 0.29) is 11.5 Å². The van der Waals surface area contributed by atoms with Crippen molar-refractivity contribution in [2.24, 2.45) is 0 Å². The van der Waals surface area contributed by atoms with E-state index in [0.717, 1.165) is 17.5 Å². The van der Waals surface area contributed by atoms with E-state index in [1.54, 1.807) is 4.90 Å². The standard InChI is InChI=1S/C16H17FN4O2.C2HF3O2/c1-2-23-15-12-4-7-21(8-5-14(12)19-10-20-15)16(22)11-3-6-18-9-13(11)17;3-2(4,5)1(6)7/h3,6,9-10H,2,4-5,7-8H2,1H3;(H,6,7). The summed E-state index contributed by atoms with van der Waals surface area (Å²) in [5.41, 5.74) is 1.86. The maximum atomic E-state index is 13.8. The first-order valence-corrected chi connectivity index (χ1v) is 8.79. The molecule has 30 heavy (non-hydrogen) atoms. The zero-order valence-corrected chi connectivity index (χ0v) is 15.8. The monoisotopic (exact) mass is 430 g/mol. The first-order valence-electron chi connectivity index (χ1n) is 8.79. The number of nitrogens with zero attached hydrogens (tertiary/aromatic N) is 4. The van der Waals surface area contributed by atoms with E-state index in [2.05, 4.69) is 15.0 Å². The van der Waals surface area contributed by atoms with Gasteiger partial charge in [0, 0.05) is 31.3 Å². The van der Waals surface area contributed by atoms with Crippen molar-refractivity contribution in [2.75, 3.05) is 19.7 Å². The molecule has 12 heteroatoms. The highest BCUT2D eigenvalue weighted by atomic mass is 19.4. The number of carboxylic acid groups (broad SMARTS) is 1.